The maximum absolute atomic E-state index is 2.63. The maximum atomic E-state index is 2.63. The van der Waals surface area contributed by atoms with E-state index < -0.39 is 0 Å². The largest absolute Gasteiger partial charge is 0.311 e. The second-order valence-corrected chi connectivity index (χ2v) is 25.5. The van der Waals surface area contributed by atoms with E-state index in [-0.39, 0.29) is 6.71 Å². The van der Waals surface area contributed by atoms with Gasteiger partial charge in [-0.3, -0.25) is 0 Å². The Hall–Kier alpha value is -12.4. The summed E-state index contributed by atoms with van der Waals surface area (Å²) in [6.07, 6.45) is 0. The number of aromatic nitrogens is 2. The van der Waals surface area contributed by atoms with Gasteiger partial charge in [-0.1, -0.05) is 279 Å². The summed E-state index contributed by atoms with van der Waals surface area (Å²) < 4.78 is 4.95. The van der Waals surface area contributed by atoms with Crippen molar-refractivity contribution in [3.05, 3.63) is 357 Å². The molecule has 2 aromatic heterocycles. The van der Waals surface area contributed by atoms with Gasteiger partial charge >= 0.3 is 0 Å². The van der Waals surface area contributed by atoms with Crippen molar-refractivity contribution in [1.82, 2.24) is 9.13 Å². The van der Waals surface area contributed by atoms with Crippen molar-refractivity contribution in [2.45, 2.75) is 6.92 Å². The molecule has 0 N–H and O–H groups in total. The fourth-order valence-corrected chi connectivity index (χ4v) is 16.2. The Kier molecular flexibility index (Phi) is 12.9. The average molecular weight is 1220 g/mol. The van der Waals surface area contributed by atoms with Crippen LogP contribution in [0.1, 0.15) is 5.56 Å². The summed E-state index contributed by atoms with van der Waals surface area (Å²) in [5.74, 6) is 0. The van der Waals surface area contributed by atoms with Crippen molar-refractivity contribution in [3.63, 3.8) is 0 Å². The Morgan fingerprint density at radius 2 is 0.500 bits per heavy atom. The van der Waals surface area contributed by atoms with Gasteiger partial charge in [-0.15, -0.1) is 0 Å². The van der Waals surface area contributed by atoms with Gasteiger partial charge in [0.1, 0.15) is 0 Å². The Bertz CT molecular complexity index is 5490. The van der Waals surface area contributed by atoms with Crippen LogP contribution in [0.2, 0.25) is 0 Å². The summed E-state index contributed by atoms with van der Waals surface area (Å²) in [4.78, 5) is 5.25. The summed E-state index contributed by atoms with van der Waals surface area (Å²) >= 11 is 0. The molecular weight excluding hydrogens is 1160 g/mol. The Balaban J connectivity index is 0.899. The van der Waals surface area contributed by atoms with E-state index in [2.05, 4.69) is 378 Å². The minimum atomic E-state index is -0.179. The topological polar surface area (TPSA) is 16.3 Å². The third-order valence-corrected chi connectivity index (χ3v) is 20.2. The number of aryl methyl sites for hydroxylation is 1. The van der Waals surface area contributed by atoms with Gasteiger partial charge in [0.25, 0.3) is 6.71 Å². The molecule has 15 aromatic carbocycles. The summed E-state index contributed by atoms with van der Waals surface area (Å²) in [5, 5.41) is 4.92. The molecule has 0 amide bonds. The quantitative estimate of drug-likeness (QED) is 0.127. The molecule has 0 atom stereocenters. The second kappa shape index (κ2) is 22.4. The molecule has 0 bridgehead atoms. The molecule has 0 unspecified atom stereocenters. The molecule has 4 nitrogen and oxygen atoms in total. The van der Waals surface area contributed by atoms with Crippen LogP contribution in [0.15, 0.2) is 352 Å². The molecule has 5 heteroatoms. The molecule has 0 saturated heterocycles. The number of anilines is 6. The number of nitrogens with zero attached hydrogens (tertiary/aromatic N) is 4. The molecule has 2 aliphatic rings. The van der Waals surface area contributed by atoms with Gasteiger partial charge in [-0.05, 0) is 157 Å². The highest BCUT2D eigenvalue weighted by Gasteiger charge is 2.45. The first-order valence-electron chi connectivity index (χ1n) is 33.3. The smallest absolute Gasteiger partial charge is 0.252 e. The van der Waals surface area contributed by atoms with Crippen molar-refractivity contribution >= 4 is 101 Å². The van der Waals surface area contributed by atoms with Crippen molar-refractivity contribution in [1.29, 1.82) is 0 Å². The highest BCUT2D eigenvalue weighted by molar-refractivity contribution is 7.00. The summed E-state index contributed by atoms with van der Waals surface area (Å²) in [5.41, 5.74) is 32.6. The Morgan fingerprint density at radius 3 is 0.865 bits per heavy atom. The van der Waals surface area contributed by atoms with Crippen molar-refractivity contribution < 1.29 is 0 Å². The van der Waals surface area contributed by atoms with Gasteiger partial charge in [0, 0.05) is 66.8 Å². The van der Waals surface area contributed by atoms with Crippen LogP contribution >= 0.6 is 0 Å². The van der Waals surface area contributed by atoms with E-state index in [9.17, 15) is 0 Å². The Morgan fingerprint density at radius 1 is 0.219 bits per heavy atom. The number of hydrogen-bond acceptors (Lipinski definition) is 2. The second-order valence-electron chi connectivity index (χ2n) is 25.5. The molecule has 17 aromatic rings. The number of fused-ring (bicyclic) bond motifs is 10. The monoisotopic (exact) mass is 1220 g/mol. The molecule has 2 aliphatic heterocycles. The predicted molar refractivity (Wildman–Crippen MR) is 406 cm³/mol. The highest BCUT2D eigenvalue weighted by atomic mass is 15.2. The third-order valence-electron chi connectivity index (χ3n) is 20.2. The van der Waals surface area contributed by atoms with Crippen LogP contribution in [0.3, 0.4) is 0 Å². The van der Waals surface area contributed by atoms with Gasteiger partial charge in [0.05, 0.1) is 33.4 Å². The molecule has 19 rings (SSSR count). The SMILES string of the molecule is Cc1cc2c3c(c1)N(c1ccccc1-c1ccccc1-c1ccccc1-c1ccccc1)c1cc(-n4c5ccccc5c5ccccc54)ccc1B3c1ccc(-n3c4ccccc4c4ccccc43)cc1N2c1ccccc1-c1ccccc1-c1ccccc1-c1ccccc1. The first-order chi connectivity index (χ1) is 47.6. The van der Waals surface area contributed by atoms with E-state index >= 15 is 0 Å². The van der Waals surface area contributed by atoms with E-state index in [1.807, 2.05) is 0 Å². The first-order valence-corrected chi connectivity index (χ1v) is 33.3. The summed E-state index contributed by atoms with van der Waals surface area (Å²) in [7, 11) is 0. The van der Waals surface area contributed by atoms with E-state index in [1.165, 1.54) is 105 Å². The molecule has 0 spiro atoms. The van der Waals surface area contributed by atoms with Crippen LogP contribution in [0.4, 0.5) is 34.1 Å². The molecule has 0 aliphatic carbocycles. The number of benzene rings is 15. The fraction of sp³-hybridized carbons (Fsp3) is 0.0110. The standard InChI is InChI=1S/C91H61BN4/c1-60-56-89-91-90(57-60)96(86-51-27-17-41-74(86)72-39-15-13-37-70(72)68-35-11-9-33-66(68)62-30-6-3-7-31-62)88-59-64(94-83-48-24-20-44-77(83)78-45-21-25-49-84(78)94)53-55-80(88)92(91)79-54-52-63(93-81-46-22-18-42-75(81)76-43-19-23-47-82(76)93)58-87(79)95(89)85-50-26-16-40-73(85)71-38-14-12-36-69(71)67-34-10-8-32-65(67)61-28-4-2-5-29-61/h2-59H,1H3. The van der Waals surface area contributed by atoms with E-state index in [1.54, 1.807) is 0 Å². The zero-order valence-electron chi connectivity index (χ0n) is 52.9. The lowest BCUT2D eigenvalue weighted by molar-refractivity contribution is 1.16. The van der Waals surface area contributed by atoms with E-state index in [0.29, 0.717) is 0 Å². The van der Waals surface area contributed by atoms with Gasteiger partial charge in [0.15, 0.2) is 0 Å². The van der Waals surface area contributed by atoms with Gasteiger partial charge in [-0.2, -0.15) is 0 Å². The lowest BCUT2D eigenvalue weighted by Gasteiger charge is -2.45. The van der Waals surface area contributed by atoms with Crippen molar-refractivity contribution in [3.8, 4) is 78.1 Å². The molecule has 0 radical (unpaired) electrons. The van der Waals surface area contributed by atoms with Crippen LogP contribution in [-0.2, 0) is 0 Å². The predicted octanol–water partition coefficient (Wildman–Crippen LogP) is 22.3. The van der Waals surface area contributed by atoms with Crippen LogP contribution < -0.4 is 26.2 Å². The molecule has 0 saturated carbocycles. The molecular formula is C91H61BN4. The molecule has 448 valence electrons. The van der Waals surface area contributed by atoms with Crippen LogP contribution in [0.5, 0.6) is 0 Å². The third kappa shape index (κ3) is 8.64. The number of rotatable bonds is 10. The van der Waals surface area contributed by atoms with Crippen LogP contribution in [0, 0.1) is 6.92 Å². The molecule has 4 heterocycles. The maximum Gasteiger partial charge on any atom is 0.252 e. The van der Waals surface area contributed by atoms with Gasteiger partial charge in [-0.25, -0.2) is 0 Å². The highest BCUT2D eigenvalue weighted by Crippen LogP contribution is 2.52. The summed E-state index contributed by atoms with van der Waals surface area (Å²) in [6, 6.07) is 131. The lowest BCUT2D eigenvalue weighted by Crippen LogP contribution is -2.61. The van der Waals surface area contributed by atoms with Gasteiger partial charge in [0.2, 0.25) is 0 Å². The minimum absolute atomic E-state index is 0.179. The van der Waals surface area contributed by atoms with Gasteiger partial charge < -0.3 is 18.9 Å². The van der Waals surface area contributed by atoms with E-state index in [0.717, 1.165) is 73.3 Å². The number of hydrogen-bond donors (Lipinski definition) is 0. The number of para-hydroxylation sites is 6. The lowest BCUT2D eigenvalue weighted by atomic mass is 9.33. The minimum Gasteiger partial charge on any atom is -0.311 e. The Labute approximate surface area is 558 Å². The zero-order chi connectivity index (χ0) is 63.4. The van der Waals surface area contributed by atoms with Crippen LogP contribution in [0.25, 0.3) is 122 Å². The van der Waals surface area contributed by atoms with E-state index in [4.69, 9.17) is 0 Å². The first kappa shape index (κ1) is 55.2. The fourth-order valence-electron chi connectivity index (χ4n) is 16.2. The van der Waals surface area contributed by atoms with Crippen LogP contribution in [-0.4, -0.2) is 15.8 Å². The zero-order valence-corrected chi connectivity index (χ0v) is 52.9. The normalized spacial score (nSPS) is 12.4. The summed E-state index contributed by atoms with van der Waals surface area (Å²) in [6.45, 7) is 2.11. The molecule has 0 fully saturated rings. The van der Waals surface area contributed by atoms with Crippen molar-refractivity contribution in [2.75, 3.05) is 9.80 Å². The molecule has 96 heavy (non-hydrogen) atoms. The average Bonchev–Trinajstić information content (AvgIpc) is 0.835. The van der Waals surface area contributed by atoms with Crippen molar-refractivity contribution in [2.24, 2.45) is 0 Å².